The van der Waals surface area contributed by atoms with E-state index in [0.717, 1.165) is 0 Å². The van der Waals surface area contributed by atoms with Crippen molar-refractivity contribution in [2.45, 2.75) is 32.1 Å². The molecule has 0 aliphatic carbocycles. The molecule has 3 radical (unpaired) electrons. The lowest BCUT2D eigenvalue weighted by atomic mass is 10.2. The fourth-order valence-electron chi connectivity index (χ4n) is 1.09. The van der Waals surface area contributed by atoms with Crippen molar-refractivity contribution in [1.82, 2.24) is 0 Å². The van der Waals surface area contributed by atoms with E-state index in [0.29, 0.717) is 5.16 Å². The molecule has 0 bridgehead atoms. The van der Waals surface area contributed by atoms with Crippen molar-refractivity contribution >= 4 is 16.3 Å². The standard InChI is InChI=1S/C12H19P.B/c1-12(2,3)13(4)10-11-8-6-5-7-9-11;/h5-9H,10H2,1-4H3;. The van der Waals surface area contributed by atoms with Crippen molar-refractivity contribution in [2.24, 2.45) is 0 Å². The van der Waals surface area contributed by atoms with Crippen LogP contribution in [0.15, 0.2) is 30.3 Å². The Balaban J connectivity index is 0.00000169. The minimum absolute atomic E-state index is 0. The molecule has 0 aromatic heterocycles. The quantitative estimate of drug-likeness (QED) is 0.509. The van der Waals surface area contributed by atoms with Gasteiger partial charge in [0.25, 0.3) is 0 Å². The summed E-state index contributed by atoms with van der Waals surface area (Å²) in [6.45, 7) is 9.40. The predicted molar refractivity (Wildman–Crippen MR) is 68.5 cm³/mol. The highest BCUT2D eigenvalue weighted by molar-refractivity contribution is 7.57. The topological polar surface area (TPSA) is 0 Å². The maximum atomic E-state index is 2.39. The molecule has 0 spiro atoms. The molecule has 1 aromatic carbocycles. The maximum absolute atomic E-state index is 2.39. The van der Waals surface area contributed by atoms with Crippen molar-refractivity contribution < 1.29 is 0 Å². The molecule has 0 aliphatic rings. The summed E-state index contributed by atoms with van der Waals surface area (Å²) in [6.07, 6.45) is 1.25. The van der Waals surface area contributed by atoms with Crippen LogP contribution in [0.2, 0.25) is 0 Å². The molecule has 0 fully saturated rings. The first-order valence-corrected chi connectivity index (χ1v) is 6.73. The van der Waals surface area contributed by atoms with Gasteiger partial charge in [0, 0.05) is 8.41 Å². The van der Waals surface area contributed by atoms with E-state index in [1.807, 2.05) is 0 Å². The molecule has 0 nitrogen and oxygen atoms in total. The lowest BCUT2D eigenvalue weighted by Crippen LogP contribution is -2.11. The molecule has 1 unspecified atom stereocenters. The number of hydrogen-bond donors (Lipinski definition) is 0. The summed E-state index contributed by atoms with van der Waals surface area (Å²) in [7, 11) is 0.102. The average molecular weight is 205 g/mol. The molecule has 1 atom stereocenters. The molecule has 0 amide bonds. The molecule has 0 heterocycles. The van der Waals surface area contributed by atoms with Gasteiger partial charge in [-0.3, -0.25) is 0 Å². The number of rotatable bonds is 2. The van der Waals surface area contributed by atoms with Crippen LogP contribution in [-0.2, 0) is 6.16 Å². The zero-order valence-corrected chi connectivity index (χ0v) is 10.5. The Bertz CT molecular complexity index is 251. The van der Waals surface area contributed by atoms with Gasteiger partial charge in [-0.15, -0.1) is 0 Å². The third-order valence-electron chi connectivity index (χ3n) is 2.41. The Morgan fingerprint density at radius 1 is 1.07 bits per heavy atom. The summed E-state index contributed by atoms with van der Waals surface area (Å²) < 4.78 is 0. The summed E-state index contributed by atoms with van der Waals surface area (Å²) in [5, 5.41) is 0.477. The van der Waals surface area contributed by atoms with E-state index in [1.54, 1.807) is 0 Å². The molecule has 0 aliphatic heterocycles. The highest BCUT2D eigenvalue weighted by Crippen LogP contribution is 2.48. The van der Waals surface area contributed by atoms with Crippen LogP contribution in [0.3, 0.4) is 0 Å². The first-order valence-electron chi connectivity index (χ1n) is 4.75. The third-order valence-corrected chi connectivity index (χ3v) is 5.54. The van der Waals surface area contributed by atoms with E-state index in [1.165, 1.54) is 11.7 Å². The molecule has 14 heavy (non-hydrogen) atoms. The van der Waals surface area contributed by atoms with E-state index in [9.17, 15) is 0 Å². The fraction of sp³-hybridized carbons (Fsp3) is 0.500. The van der Waals surface area contributed by atoms with Gasteiger partial charge in [0.1, 0.15) is 0 Å². The zero-order chi connectivity index (χ0) is 9.90. The van der Waals surface area contributed by atoms with E-state index in [2.05, 4.69) is 57.8 Å². The second kappa shape index (κ2) is 5.56. The predicted octanol–water partition coefficient (Wildman–Crippen LogP) is 3.72. The van der Waals surface area contributed by atoms with Gasteiger partial charge in [0.2, 0.25) is 0 Å². The third kappa shape index (κ3) is 4.29. The minimum atomic E-state index is 0. The fourth-order valence-corrected chi connectivity index (χ4v) is 2.33. The van der Waals surface area contributed by atoms with Gasteiger partial charge in [-0.05, 0) is 23.5 Å². The highest BCUT2D eigenvalue weighted by Gasteiger charge is 2.18. The molecule has 1 aromatic rings. The van der Waals surface area contributed by atoms with Crippen LogP contribution >= 0.6 is 7.92 Å². The summed E-state index contributed by atoms with van der Waals surface area (Å²) in [4.78, 5) is 0. The highest BCUT2D eigenvalue weighted by atomic mass is 31.1. The molecule has 2 heteroatoms. The first kappa shape index (κ1) is 13.7. The molecule has 0 N–H and O–H groups in total. The van der Waals surface area contributed by atoms with Crippen LogP contribution in [0.1, 0.15) is 26.3 Å². The van der Waals surface area contributed by atoms with Gasteiger partial charge >= 0.3 is 0 Å². The Labute approximate surface area is 91.4 Å². The smallest absolute Gasteiger partial charge is 0 e. The van der Waals surface area contributed by atoms with Gasteiger partial charge < -0.3 is 0 Å². The molecule has 1 rings (SSSR count). The van der Waals surface area contributed by atoms with Crippen LogP contribution in [0.5, 0.6) is 0 Å². The van der Waals surface area contributed by atoms with Crippen molar-refractivity contribution in [1.29, 1.82) is 0 Å². The summed E-state index contributed by atoms with van der Waals surface area (Å²) in [5.41, 5.74) is 1.48. The second-order valence-electron chi connectivity index (χ2n) is 4.51. The maximum Gasteiger partial charge on any atom is 0 e. The van der Waals surface area contributed by atoms with Crippen molar-refractivity contribution in [2.75, 3.05) is 6.66 Å². The van der Waals surface area contributed by atoms with Crippen LogP contribution in [0, 0.1) is 0 Å². The zero-order valence-electron chi connectivity index (χ0n) is 9.62. The Morgan fingerprint density at radius 2 is 1.57 bits per heavy atom. The van der Waals surface area contributed by atoms with Gasteiger partial charge in [-0.2, -0.15) is 0 Å². The SMILES string of the molecule is CP(Cc1ccccc1)C(C)(C)C.[B]. The lowest BCUT2D eigenvalue weighted by molar-refractivity contribution is 0.782. The van der Waals surface area contributed by atoms with Gasteiger partial charge in [-0.1, -0.05) is 59.0 Å². The lowest BCUT2D eigenvalue weighted by Gasteiger charge is -2.27. The second-order valence-corrected chi connectivity index (χ2v) is 7.57. The minimum Gasteiger partial charge on any atom is -0.0999 e. The molecule has 0 saturated carbocycles. The Hall–Kier alpha value is -0.285. The van der Waals surface area contributed by atoms with E-state index < -0.39 is 0 Å². The van der Waals surface area contributed by atoms with Gasteiger partial charge in [0.15, 0.2) is 0 Å². The molecule has 75 valence electrons. The van der Waals surface area contributed by atoms with Crippen molar-refractivity contribution in [3.8, 4) is 0 Å². The van der Waals surface area contributed by atoms with E-state index in [4.69, 9.17) is 0 Å². The largest absolute Gasteiger partial charge is 0.0999 e. The van der Waals surface area contributed by atoms with Crippen LogP contribution in [0.25, 0.3) is 0 Å². The van der Waals surface area contributed by atoms with Gasteiger partial charge in [0.05, 0.1) is 0 Å². The summed E-state index contributed by atoms with van der Waals surface area (Å²) in [6, 6.07) is 10.8. The number of hydrogen-bond acceptors (Lipinski definition) is 0. The van der Waals surface area contributed by atoms with Crippen LogP contribution in [0.4, 0.5) is 0 Å². The summed E-state index contributed by atoms with van der Waals surface area (Å²) in [5.74, 6) is 0. The molecular formula is C12H19BP. The number of benzene rings is 1. The Kier molecular flexibility index (Phi) is 5.45. The molecular weight excluding hydrogens is 186 g/mol. The van der Waals surface area contributed by atoms with Crippen LogP contribution in [-0.4, -0.2) is 20.2 Å². The monoisotopic (exact) mass is 205 g/mol. The Morgan fingerprint density at radius 3 is 2.00 bits per heavy atom. The van der Waals surface area contributed by atoms with E-state index >= 15 is 0 Å². The van der Waals surface area contributed by atoms with Gasteiger partial charge in [-0.25, -0.2) is 0 Å². The van der Waals surface area contributed by atoms with Crippen LogP contribution < -0.4 is 0 Å². The first-order chi connectivity index (χ1) is 6.00. The summed E-state index contributed by atoms with van der Waals surface area (Å²) >= 11 is 0. The van der Waals surface area contributed by atoms with Crippen molar-refractivity contribution in [3.05, 3.63) is 35.9 Å². The molecule has 0 saturated heterocycles. The average Bonchev–Trinajstić information content (AvgIpc) is 2.04. The normalized spacial score (nSPS) is 13.1. The van der Waals surface area contributed by atoms with E-state index in [-0.39, 0.29) is 16.3 Å². The van der Waals surface area contributed by atoms with Crippen molar-refractivity contribution in [3.63, 3.8) is 0 Å².